The summed E-state index contributed by atoms with van der Waals surface area (Å²) in [5.74, 6) is 2.04. The second-order valence-corrected chi connectivity index (χ2v) is 8.83. The van der Waals surface area contributed by atoms with Crippen LogP contribution in [0.1, 0.15) is 44.2 Å². The third-order valence-electron chi connectivity index (χ3n) is 6.82. The minimum atomic E-state index is -0.359. The van der Waals surface area contributed by atoms with Crippen LogP contribution in [0.2, 0.25) is 0 Å². The van der Waals surface area contributed by atoms with Crippen LogP contribution in [0.25, 0.3) is 0 Å². The van der Waals surface area contributed by atoms with Crippen molar-refractivity contribution in [2.45, 2.75) is 38.6 Å². The van der Waals surface area contributed by atoms with Gasteiger partial charge in [-0.3, -0.25) is 9.59 Å². The summed E-state index contributed by atoms with van der Waals surface area (Å²) in [5.41, 5.74) is 1.72. The van der Waals surface area contributed by atoms with Crippen LogP contribution in [0.15, 0.2) is 48.5 Å². The molecule has 4 rings (SSSR count). The summed E-state index contributed by atoms with van der Waals surface area (Å²) in [5, 5.41) is 0. The van der Waals surface area contributed by atoms with E-state index >= 15 is 0 Å². The number of carbonyl (C=O) groups excluding carboxylic acids is 2. The van der Waals surface area contributed by atoms with E-state index in [1.54, 1.807) is 19.1 Å². The van der Waals surface area contributed by atoms with Crippen LogP contribution >= 0.6 is 0 Å². The smallest absolute Gasteiger partial charge is 0.228 e. The first-order valence-electron chi connectivity index (χ1n) is 11.4. The number of ether oxygens (including phenoxy) is 2. The van der Waals surface area contributed by atoms with Crippen molar-refractivity contribution in [3.8, 4) is 11.5 Å². The molecule has 2 aliphatic heterocycles. The van der Waals surface area contributed by atoms with Crippen LogP contribution in [0.5, 0.6) is 11.5 Å². The molecular formula is C26H32N2O4. The number of anilines is 1. The van der Waals surface area contributed by atoms with Gasteiger partial charge in [0.05, 0.1) is 26.2 Å². The molecule has 0 radical (unpaired) electrons. The molecule has 2 heterocycles. The topological polar surface area (TPSA) is 59.1 Å². The number of piperidine rings is 2. The van der Waals surface area contributed by atoms with E-state index in [0.29, 0.717) is 18.8 Å². The molecule has 0 bridgehead atoms. The van der Waals surface area contributed by atoms with E-state index in [1.165, 1.54) is 0 Å². The number of rotatable bonds is 5. The predicted octanol–water partition coefficient (Wildman–Crippen LogP) is 4.45. The van der Waals surface area contributed by atoms with E-state index in [-0.39, 0.29) is 23.8 Å². The second-order valence-electron chi connectivity index (χ2n) is 8.83. The third kappa shape index (κ3) is 4.45. The van der Waals surface area contributed by atoms with Crippen molar-refractivity contribution in [3.63, 3.8) is 0 Å². The van der Waals surface area contributed by atoms with E-state index in [9.17, 15) is 9.59 Å². The number of nitrogens with zero attached hydrogens (tertiary/aromatic N) is 2. The van der Waals surface area contributed by atoms with Crippen molar-refractivity contribution >= 4 is 17.5 Å². The highest BCUT2D eigenvalue weighted by atomic mass is 16.5. The molecule has 2 atom stereocenters. The summed E-state index contributed by atoms with van der Waals surface area (Å²) in [6, 6.07) is 14.9. The van der Waals surface area contributed by atoms with Crippen LogP contribution in [0, 0.1) is 11.8 Å². The summed E-state index contributed by atoms with van der Waals surface area (Å²) in [6.45, 7) is 3.83. The van der Waals surface area contributed by atoms with Crippen molar-refractivity contribution in [2.75, 3.05) is 32.2 Å². The van der Waals surface area contributed by atoms with Crippen molar-refractivity contribution in [2.24, 2.45) is 11.8 Å². The molecule has 0 aliphatic carbocycles. The largest absolute Gasteiger partial charge is 0.497 e. The van der Waals surface area contributed by atoms with Crippen molar-refractivity contribution in [1.29, 1.82) is 0 Å². The van der Waals surface area contributed by atoms with E-state index in [4.69, 9.17) is 9.47 Å². The minimum absolute atomic E-state index is 0.0345. The van der Waals surface area contributed by atoms with Crippen LogP contribution < -0.4 is 14.4 Å². The zero-order valence-electron chi connectivity index (χ0n) is 19.1. The minimum Gasteiger partial charge on any atom is -0.497 e. The third-order valence-corrected chi connectivity index (χ3v) is 6.82. The SMILES string of the molecule is COc1ccc(C2C(C(=O)N3CCC(C)CC3)CCC(=O)N2c2ccc(OC)cc2)cc1. The normalized spacial score (nSPS) is 22.0. The fourth-order valence-electron chi connectivity index (χ4n) is 4.84. The molecule has 2 amide bonds. The van der Waals surface area contributed by atoms with Gasteiger partial charge in [-0.2, -0.15) is 0 Å². The average molecular weight is 437 g/mol. The van der Waals surface area contributed by atoms with Crippen LogP contribution in [-0.4, -0.2) is 44.0 Å². The summed E-state index contributed by atoms with van der Waals surface area (Å²) in [4.78, 5) is 30.7. The van der Waals surface area contributed by atoms with Crippen molar-refractivity contribution < 1.29 is 19.1 Å². The molecular weight excluding hydrogens is 404 g/mol. The van der Waals surface area contributed by atoms with Gasteiger partial charge in [0.1, 0.15) is 11.5 Å². The molecule has 2 fully saturated rings. The second kappa shape index (κ2) is 9.63. The number of methoxy groups -OCH3 is 2. The van der Waals surface area contributed by atoms with Gasteiger partial charge in [-0.15, -0.1) is 0 Å². The lowest BCUT2D eigenvalue weighted by Crippen LogP contribution is -2.50. The Labute approximate surface area is 190 Å². The predicted molar refractivity (Wildman–Crippen MR) is 124 cm³/mol. The zero-order chi connectivity index (χ0) is 22.7. The lowest BCUT2D eigenvalue weighted by Gasteiger charge is -2.43. The highest BCUT2D eigenvalue weighted by Crippen LogP contribution is 2.42. The van der Waals surface area contributed by atoms with Crippen LogP contribution in [0.4, 0.5) is 5.69 Å². The molecule has 32 heavy (non-hydrogen) atoms. The number of hydrogen-bond donors (Lipinski definition) is 0. The number of benzene rings is 2. The highest BCUT2D eigenvalue weighted by Gasteiger charge is 2.43. The monoisotopic (exact) mass is 436 g/mol. The molecule has 6 heteroatoms. The van der Waals surface area contributed by atoms with Gasteiger partial charge in [-0.05, 0) is 67.1 Å². The average Bonchev–Trinajstić information content (AvgIpc) is 2.84. The van der Waals surface area contributed by atoms with Gasteiger partial charge in [0.15, 0.2) is 0 Å². The van der Waals surface area contributed by atoms with Gasteiger partial charge in [-0.25, -0.2) is 0 Å². The lowest BCUT2D eigenvalue weighted by molar-refractivity contribution is -0.139. The summed E-state index contributed by atoms with van der Waals surface area (Å²) in [6.07, 6.45) is 2.99. The van der Waals surface area contributed by atoms with Gasteiger partial charge in [0.2, 0.25) is 11.8 Å². The summed E-state index contributed by atoms with van der Waals surface area (Å²) < 4.78 is 10.6. The Hall–Kier alpha value is -3.02. The Morgan fingerprint density at radius 2 is 1.44 bits per heavy atom. The van der Waals surface area contributed by atoms with Gasteiger partial charge < -0.3 is 19.3 Å². The van der Waals surface area contributed by atoms with E-state index in [0.717, 1.165) is 48.7 Å². The molecule has 170 valence electrons. The maximum absolute atomic E-state index is 13.7. The van der Waals surface area contributed by atoms with E-state index in [2.05, 4.69) is 6.92 Å². The molecule has 0 spiro atoms. The number of likely N-dealkylation sites (tertiary alicyclic amines) is 1. The molecule has 6 nitrogen and oxygen atoms in total. The van der Waals surface area contributed by atoms with Crippen molar-refractivity contribution in [3.05, 3.63) is 54.1 Å². The van der Waals surface area contributed by atoms with Gasteiger partial charge in [0, 0.05) is 25.2 Å². The van der Waals surface area contributed by atoms with Gasteiger partial charge in [0.25, 0.3) is 0 Å². The molecule has 2 aliphatic rings. The first-order valence-corrected chi connectivity index (χ1v) is 11.4. The molecule has 0 aromatic heterocycles. The number of hydrogen-bond acceptors (Lipinski definition) is 4. The Morgan fingerprint density at radius 1 is 0.875 bits per heavy atom. The molecule has 2 unspecified atom stereocenters. The highest BCUT2D eigenvalue weighted by molar-refractivity contribution is 5.97. The van der Waals surface area contributed by atoms with E-state index in [1.807, 2.05) is 53.4 Å². The number of carbonyl (C=O) groups is 2. The fraction of sp³-hybridized carbons (Fsp3) is 0.462. The van der Waals surface area contributed by atoms with Crippen LogP contribution in [0.3, 0.4) is 0 Å². The summed E-state index contributed by atoms with van der Waals surface area (Å²) >= 11 is 0. The quantitative estimate of drug-likeness (QED) is 0.695. The van der Waals surface area contributed by atoms with Gasteiger partial charge >= 0.3 is 0 Å². The zero-order valence-corrected chi connectivity index (χ0v) is 19.1. The van der Waals surface area contributed by atoms with Gasteiger partial charge in [-0.1, -0.05) is 19.1 Å². The molecule has 2 saturated heterocycles. The van der Waals surface area contributed by atoms with Crippen molar-refractivity contribution in [1.82, 2.24) is 4.90 Å². The standard InChI is InChI=1S/C26H32N2O4/c1-18-14-16-27(17-15-18)26(30)23-12-13-24(29)28(20-6-10-22(32-3)11-7-20)25(23)19-4-8-21(31-2)9-5-19/h4-11,18,23,25H,12-17H2,1-3H3. The molecule has 2 aromatic carbocycles. The molecule has 2 aromatic rings. The first kappa shape index (κ1) is 22.2. The fourth-order valence-corrected chi connectivity index (χ4v) is 4.84. The molecule has 0 N–H and O–H groups in total. The summed E-state index contributed by atoms with van der Waals surface area (Å²) in [7, 11) is 3.25. The van der Waals surface area contributed by atoms with E-state index < -0.39 is 0 Å². The number of amides is 2. The maximum atomic E-state index is 13.7. The Balaban J connectivity index is 1.72. The van der Waals surface area contributed by atoms with Crippen LogP contribution in [-0.2, 0) is 9.59 Å². The Kier molecular flexibility index (Phi) is 6.68. The Bertz CT molecular complexity index is 933. The maximum Gasteiger partial charge on any atom is 0.228 e. The molecule has 0 saturated carbocycles. The lowest BCUT2D eigenvalue weighted by atomic mass is 9.82. The Morgan fingerprint density at radius 3 is 2.00 bits per heavy atom. The first-order chi connectivity index (χ1) is 15.5.